The number of aromatic nitrogens is 4. The van der Waals surface area contributed by atoms with Crippen molar-refractivity contribution in [2.45, 2.75) is 13.7 Å². The summed E-state index contributed by atoms with van der Waals surface area (Å²) in [6, 6.07) is 12.3. The molecule has 0 unspecified atom stereocenters. The summed E-state index contributed by atoms with van der Waals surface area (Å²) < 4.78 is 6.92. The largest absolute Gasteiger partial charge is 0.467 e. The molecule has 0 aliphatic carbocycles. The first-order chi connectivity index (χ1) is 12.5. The summed E-state index contributed by atoms with van der Waals surface area (Å²) in [5.74, 6) is 0.344. The normalized spacial score (nSPS) is 11.2. The first-order valence-corrected chi connectivity index (χ1v) is 8.51. The summed E-state index contributed by atoms with van der Waals surface area (Å²) in [6.07, 6.45) is 0. The number of ether oxygens (including phenoxy) is 1. The van der Waals surface area contributed by atoms with E-state index in [4.69, 9.17) is 27.9 Å². The van der Waals surface area contributed by atoms with Crippen molar-refractivity contribution >= 4 is 45.0 Å². The van der Waals surface area contributed by atoms with Crippen molar-refractivity contribution in [3.8, 4) is 5.75 Å². The highest BCUT2D eigenvalue weighted by molar-refractivity contribution is 6.39. The van der Waals surface area contributed by atoms with E-state index < -0.39 is 0 Å². The lowest BCUT2D eigenvalue weighted by atomic mass is 10.2. The van der Waals surface area contributed by atoms with Gasteiger partial charge < -0.3 is 4.74 Å². The number of halogens is 2. The van der Waals surface area contributed by atoms with E-state index in [2.05, 4.69) is 15.3 Å². The van der Waals surface area contributed by atoms with Crippen LogP contribution >= 0.6 is 23.2 Å². The minimum Gasteiger partial charge on any atom is -0.467 e. The van der Waals surface area contributed by atoms with Crippen LogP contribution in [0.1, 0.15) is 5.69 Å². The van der Waals surface area contributed by atoms with Gasteiger partial charge in [-0.3, -0.25) is 4.79 Å². The summed E-state index contributed by atoms with van der Waals surface area (Å²) in [6.45, 7) is 1.71. The van der Waals surface area contributed by atoms with Crippen molar-refractivity contribution in [2.24, 2.45) is 0 Å². The molecule has 0 saturated heterocycles. The van der Waals surface area contributed by atoms with Gasteiger partial charge >= 0.3 is 0 Å². The quantitative estimate of drug-likeness (QED) is 0.532. The summed E-state index contributed by atoms with van der Waals surface area (Å²) in [5.41, 5.74) is 1.56. The van der Waals surface area contributed by atoms with Crippen LogP contribution in [-0.2, 0) is 6.73 Å². The highest BCUT2D eigenvalue weighted by Crippen LogP contribution is 2.37. The van der Waals surface area contributed by atoms with E-state index in [0.717, 1.165) is 10.4 Å². The van der Waals surface area contributed by atoms with Gasteiger partial charge in [-0.05, 0) is 37.3 Å². The van der Waals surface area contributed by atoms with Gasteiger partial charge in [0, 0.05) is 11.1 Å². The number of fused-ring (bicyclic) bond motifs is 2. The summed E-state index contributed by atoms with van der Waals surface area (Å²) >= 11 is 12.5. The third kappa shape index (κ3) is 2.87. The highest BCUT2D eigenvalue weighted by atomic mass is 35.5. The highest BCUT2D eigenvalue weighted by Gasteiger charge is 2.14. The number of pyridine rings is 1. The van der Waals surface area contributed by atoms with Crippen molar-refractivity contribution in [1.29, 1.82) is 0 Å². The van der Waals surface area contributed by atoms with Crippen molar-refractivity contribution < 1.29 is 4.74 Å². The Morgan fingerprint density at radius 3 is 2.73 bits per heavy atom. The molecule has 0 atom stereocenters. The number of hydrogen-bond acceptors (Lipinski definition) is 5. The predicted octanol–water partition coefficient (Wildman–Crippen LogP) is 3.99. The average molecular weight is 387 g/mol. The molecule has 0 aliphatic heterocycles. The third-order valence-corrected chi connectivity index (χ3v) is 4.53. The Bertz CT molecular complexity index is 1210. The Morgan fingerprint density at radius 2 is 1.88 bits per heavy atom. The fourth-order valence-electron chi connectivity index (χ4n) is 2.66. The maximum Gasteiger partial charge on any atom is 0.280 e. The molecule has 4 aromatic rings. The smallest absolute Gasteiger partial charge is 0.280 e. The monoisotopic (exact) mass is 386 g/mol. The molecule has 6 nitrogen and oxygen atoms in total. The second-order valence-corrected chi connectivity index (χ2v) is 6.52. The molecule has 8 heteroatoms. The average Bonchev–Trinajstić information content (AvgIpc) is 2.63. The van der Waals surface area contributed by atoms with Gasteiger partial charge in [-0.1, -0.05) is 40.5 Å². The van der Waals surface area contributed by atoms with E-state index >= 15 is 0 Å². The standard InChI is InChI=1S/C18H12Cl2N4O2/c1-10-6-7-11-13(19)8-14(20)17(16(11)21-10)26-9-24-18(25)12-4-2-3-5-15(12)22-23-24/h2-8H,9H2,1H3. The zero-order chi connectivity index (χ0) is 18.3. The van der Waals surface area contributed by atoms with Crippen LogP contribution < -0.4 is 10.3 Å². The van der Waals surface area contributed by atoms with Gasteiger partial charge in [0.2, 0.25) is 0 Å². The van der Waals surface area contributed by atoms with Crippen LogP contribution in [0.3, 0.4) is 0 Å². The maximum absolute atomic E-state index is 12.5. The van der Waals surface area contributed by atoms with Gasteiger partial charge in [0.1, 0.15) is 11.0 Å². The van der Waals surface area contributed by atoms with Crippen LogP contribution in [0.15, 0.2) is 47.3 Å². The van der Waals surface area contributed by atoms with E-state index in [-0.39, 0.29) is 12.3 Å². The second kappa shape index (κ2) is 6.55. The van der Waals surface area contributed by atoms with Crippen molar-refractivity contribution in [2.75, 3.05) is 0 Å². The molecule has 0 bridgehead atoms. The van der Waals surface area contributed by atoms with Gasteiger partial charge in [0.15, 0.2) is 12.5 Å². The van der Waals surface area contributed by atoms with Crippen LogP contribution in [0.2, 0.25) is 10.0 Å². The molecule has 2 aromatic heterocycles. The van der Waals surface area contributed by atoms with E-state index in [1.165, 1.54) is 0 Å². The van der Waals surface area contributed by atoms with Crippen LogP contribution in [0.25, 0.3) is 21.8 Å². The van der Waals surface area contributed by atoms with Crippen LogP contribution in [0.4, 0.5) is 0 Å². The molecular formula is C18H12Cl2N4O2. The van der Waals surface area contributed by atoms with Crippen LogP contribution in [-0.4, -0.2) is 20.0 Å². The van der Waals surface area contributed by atoms with Crippen LogP contribution in [0.5, 0.6) is 5.75 Å². The molecule has 0 saturated carbocycles. The molecule has 26 heavy (non-hydrogen) atoms. The molecule has 0 amide bonds. The zero-order valence-corrected chi connectivity index (χ0v) is 15.1. The van der Waals surface area contributed by atoms with Gasteiger partial charge in [-0.25, -0.2) is 4.98 Å². The van der Waals surface area contributed by atoms with Crippen LogP contribution in [0, 0.1) is 6.92 Å². The summed E-state index contributed by atoms with van der Waals surface area (Å²) in [5, 5.41) is 9.90. The topological polar surface area (TPSA) is 69.9 Å². The Morgan fingerprint density at radius 1 is 1.08 bits per heavy atom. The maximum atomic E-state index is 12.5. The second-order valence-electron chi connectivity index (χ2n) is 5.70. The van der Waals surface area contributed by atoms with E-state index in [1.54, 1.807) is 30.3 Å². The molecule has 0 N–H and O–H groups in total. The molecule has 0 aliphatic rings. The molecule has 0 spiro atoms. The lowest BCUT2D eigenvalue weighted by Crippen LogP contribution is -2.26. The Balaban J connectivity index is 1.76. The first kappa shape index (κ1) is 16.8. The summed E-state index contributed by atoms with van der Waals surface area (Å²) in [7, 11) is 0. The molecule has 0 fully saturated rings. The Hall–Kier alpha value is -2.70. The zero-order valence-electron chi connectivity index (χ0n) is 13.6. The molecule has 130 valence electrons. The van der Waals surface area contributed by atoms with E-state index in [9.17, 15) is 4.79 Å². The Kier molecular flexibility index (Phi) is 4.22. The fraction of sp³-hybridized carbons (Fsp3) is 0.111. The lowest BCUT2D eigenvalue weighted by Gasteiger charge is -2.12. The number of rotatable bonds is 3. The van der Waals surface area contributed by atoms with E-state index in [1.807, 2.05) is 19.1 Å². The molecule has 4 rings (SSSR count). The molecular weight excluding hydrogens is 375 g/mol. The first-order valence-electron chi connectivity index (χ1n) is 7.75. The van der Waals surface area contributed by atoms with Gasteiger partial charge in [-0.2, -0.15) is 4.68 Å². The van der Waals surface area contributed by atoms with Gasteiger partial charge in [0.25, 0.3) is 5.56 Å². The minimum absolute atomic E-state index is 0.150. The number of aryl methyl sites for hydroxylation is 1. The summed E-state index contributed by atoms with van der Waals surface area (Å²) in [4.78, 5) is 17.0. The Labute approximate surface area is 157 Å². The SMILES string of the molecule is Cc1ccc2c(Cl)cc(Cl)c(OCn3nnc4ccccc4c3=O)c2n1. The van der Waals surface area contributed by atoms with Gasteiger partial charge in [0.05, 0.1) is 15.4 Å². The number of nitrogens with zero attached hydrogens (tertiary/aromatic N) is 4. The van der Waals surface area contributed by atoms with Crippen molar-refractivity contribution in [3.05, 3.63) is 68.6 Å². The fourth-order valence-corrected chi connectivity index (χ4v) is 3.23. The third-order valence-electron chi connectivity index (χ3n) is 3.94. The lowest BCUT2D eigenvalue weighted by molar-refractivity contribution is 0.213. The van der Waals surface area contributed by atoms with Crippen molar-refractivity contribution in [1.82, 2.24) is 20.0 Å². The number of benzene rings is 2. The van der Waals surface area contributed by atoms with E-state index in [0.29, 0.717) is 37.6 Å². The molecule has 2 aromatic carbocycles. The van der Waals surface area contributed by atoms with Crippen molar-refractivity contribution in [3.63, 3.8) is 0 Å². The number of hydrogen-bond donors (Lipinski definition) is 0. The molecule has 0 radical (unpaired) electrons. The predicted molar refractivity (Wildman–Crippen MR) is 101 cm³/mol. The minimum atomic E-state index is -0.297. The molecule has 2 heterocycles. The van der Waals surface area contributed by atoms with Gasteiger partial charge in [-0.15, -0.1) is 5.10 Å².